The molecule has 1 heterocycles. The molecular formula is C8HCl3F2N2. The summed E-state index contributed by atoms with van der Waals surface area (Å²) >= 11 is 16.7. The molecule has 0 atom stereocenters. The Bertz CT molecular complexity index is 559. The number of benzene rings is 1. The molecule has 0 fully saturated rings. The van der Waals surface area contributed by atoms with Crippen molar-refractivity contribution in [2.75, 3.05) is 0 Å². The van der Waals surface area contributed by atoms with E-state index in [2.05, 4.69) is 9.97 Å². The molecule has 1 aromatic carbocycles. The summed E-state index contributed by atoms with van der Waals surface area (Å²) < 4.78 is 26.4. The molecule has 1 aromatic heterocycles. The molecule has 2 rings (SSSR count). The molecule has 0 bridgehead atoms. The van der Waals surface area contributed by atoms with Crippen LogP contribution in [0.3, 0.4) is 0 Å². The molecule has 0 aliphatic heterocycles. The monoisotopic (exact) mass is 268 g/mol. The molecule has 0 aliphatic carbocycles. The first kappa shape index (κ1) is 10.8. The SMILES string of the molecule is Fc1cc(F)c2nc(Cl)nc(Cl)c2c1Cl. The van der Waals surface area contributed by atoms with E-state index in [-0.39, 0.29) is 26.4 Å². The van der Waals surface area contributed by atoms with Crippen LogP contribution in [-0.2, 0) is 0 Å². The van der Waals surface area contributed by atoms with E-state index >= 15 is 0 Å². The zero-order valence-electron chi connectivity index (χ0n) is 6.86. The van der Waals surface area contributed by atoms with Crippen molar-refractivity contribution in [3.63, 3.8) is 0 Å². The number of aromatic nitrogens is 2. The van der Waals surface area contributed by atoms with Gasteiger partial charge < -0.3 is 0 Å². The summed E-state index contributed by atoms with van der Waals surface area (Å²) in [4.78, 5) is 7.13. The topological polar surface area (TPSA) is 25.8 Å². The molecule has 0 aliphatic rings. The van der Waals surface area contributed by atoms with Crippen molar-refractivity contribution in [3.05, 3.63) is 33.2 Å². The van der Waals surface area contributed by atoms with E-state index < -0.39 is 11.6 Å². The van der Waals surface area contributed by atoms with Crippen LogP contribution in [0.2, 0.25) is 15.5 Å². The van der Waals surface area contributed by atoms with Crippen molar-refractivity contribution in [3.8, 4) is 0 Å². The van der Waals surface area contributed by atoms with Crippen LogP contribution in [0.25, 0.3) is 10.9 Å². The van der Waals surface area contributed by atoms with Gasteiger partial charge in [0, 0.05) is 6.07 Å². The third-order valence-electron chi connectivity index (χ3n) is 1.75. The lowest BCUT2D eigenvalue weighted by Crippen LogP contribution is -1.93. The van der Waals surface area contributed by atoms with E-state index in [1.807, 2.05) is 0 Å². The molecule has 7 heteroatoms. The number of halogens is 5. The lowest BCUT2D eigenvalue weighted by Gasteiger charge is -2.04. The largest absolute Gasteiger partial charge is 0.224 e. The van der Waals surface area contributed by atoms with Gasteiger partial charge in [0.15, 0.2) is 5.82 Å². The Balaban J connectivity index is 3.03. The third kappa shape index (κ3) is 1.73. The average molecular weight is 269 g/mol. The van der Waals surface area contributed by atoms with E-state index in [4.69, 9.17) is 34.8 Å². The Morgan fingerprint density at radius 3 is 2.33 bits per heavy atom. The van der Waals surface area contributed by atoms with Crippen molar-refractivity contribution in [2.24, 2.45) is 0 Å². The van der Waals surface area contributed by atoms with Gasteiger partial charge in [-0.2, -0.15) is 0 Å². The normalized spacial score (nSPS) is 11.0. The summed E-state index contributed by atoms with van der Waals surface area (Å²) in [6, 6.07) is 0.615. The summed E-state index contributed by atoms with van der Waals surface area (Å²) in [7, 11) is 0. The zero-order chi connectivity index (χ0) is 11.2. The van der Waals surface area contributed by atoms with Crippen molar-refractivity contribution in [2.45, 2.75) is 0 Å². The lowest BCUT2D eigenvalue weighted by molar-refractivity contribution is 0.590. The van der Waals surface area contributed by atoms with Crippen molar-refractivity contribution in [1.82, 2.24) is 9.97 Å². The molecule has 78 valence electrons. The molecule has 0 saturated heterocycles. The molecule has 0 radical (unpaired) electrons. The molecule has 2 aromatic rings. The maximum Gasteiger partial charge on any atom is 0.224 e. The Kier molecular flexibility index (Phi) is 2.66. The number of fused-ring (bicyclic) bond motifs is 1. The highest BCUT2D eigenvalue weighted by atomic mass is 35.5. The fraction of sp³-hybridized carbons (Fsp3) is 0. The number of nitrogens with zero attached hydrogens (tertiary/aromatic N) is 2. The molecule has 0 unspecified atom stereocenters. The lowest BCUT2D eigenvalue weighted by atomic mass is 10.2. The number of hydrogen-bond acceptors (Lipinski definition) is 2. The first-order valence-electron chi connectivity index (χ1n) is 3.67. The summed E-state index contributed by atoms with van der Waals surface area (Å²) in [5.41, 5.74) is -0.202. The van der Waals surface area contributed by atoms with Crippen LogP contribution >= 0.6 is 34.8 Å². The Morgan fingerprint density at radius 2 is 1.67 bits per heavy atom. The summed E-state index contributed by atoms with van der Waals surface area (Å²) in [6.45, 7) is 0. The Morgan fingerprint density at radius 1 is 1.00 bits per heavy atom. The minimum Gasteiger partial charge on any atom is -0.215 e. The van der Waals surface area contributed by atoms with Crippen LogP contribution in [-0.4, -0.2) is 9.97 Å². The van der Waals surface area contributed by atoms with Crippen LogP contribution in [0.1, 0.15) is 0 Å². The molecule has 0 amide bonds. The van der Waals surface area contributed by atoms with Crippen molar-refractivity contribution < 1.29 is 8.78 Å². The molecule has 15 heavy (non-hydrogen) atoms. The van der Waals surface area contributed by atoms with Gasteiger partial charge in [-0.15, -0.1) is 0 Å². The summed E-state index contributed by atoms with van der Waals surface area (Å²) in [5, 5.41) is -0.823. The smallest absolute Gasteiger partial charge is 0.215 e. The first-order valence-corrected chi connectivity index (χ1v) is 4.80. The van der Waals surface area contributed by atoms with Crippen LogP contribution in [0.15, 0.2) is 6.07 Å². The fourth-order valence-electron chi connectivity index (χ4n) is 1.14. The van der Waals surface area contributed by atoms with Gasteiger partial charge in [0.05, 0.1) is 10.4 Å². The Labute approximate surface area is 97.8 Å². The van der Waals surface area contributed by atoms with Crippen molar-refractivity contribution >= 4 is 45.7 Å². The van der Waals surface area contributed by atoms with E-state index in [0.29, 0.717) is 6.07 Å². The first-order chi connectivity index (χ1) is 7.00. The quantitative estimate of drug-likeness (QED) is 0.412. The zero-order valence-corrected chi connectivity index (χ0v) is 9.13. The minimum absolute atomic E-state index is 0.0831. The summed E-state index contributed by atoms with van der Waals surface area (Å²) in [6.07, 6.45) is 0. The maximum atomic E-state index is 13.3. The number of rotatable bonds is 0. The highest BCUT2D eigenvalue weighted by molar-refractivity contribution is 6.42. The van der Waals surface area contributed by atoms with E-state index in [0.717, 1.165) is 0 Å². The van der Waals surface area contributed by atoms with Crippen LogP contribution < -0.4 is 0 Å². The second kappa shape index (κ2) is 3.70. The molecule has 0 spiro atoms. The van der Waals surface area contributed by atoms with Crippen LogP contribution in [0.4, 0.5) is 8.78 Å². The molecule has 2 nitrogen and oxygen atoms in total. The van der Waals surface area contributed by atoms with Gasteiger partial charge in [-0.3, -0.25) is 0 Å². The maximum absolute atomic E-state index is 13.3. The highest BCUT2D eigenvalue weighted by Gasteiger charge is 2.16. The average Bonchev–Trinajstić information content (AvgIpc) is 2.13. The second-order valence-corrected chi connectivity index (χ2v) is 3.74. The van der Waals surface area contributed by atoms with Gasteiger partial charge in [-0.1, -0.05) is 23.2 Å². The number of hydrogen-bond donors (Lipinski definition) is 0. The summed E-state index contributed by atoms with van der Waals surface area (Å²) in [5.74, 6) is -1.81. The van der Waals surface area contributed by atoms with Gasteiger partial charge in [0.1, 0.15) is 16.5 Å². The van der Waals surface area contributed by atoms with Gasteiger partial charge in [-0.25, -0.2) is 18.7 Å². The Hall–Kier alpha value is -0.710. The van der Waals surface area contributed by atoms with Crippen LogP contribution in [0.5, 0.6) is 0 Å². The van der Waals surface area contributed by atoms with Gasteiger partial charge in [0.2, 0.25) is 5.28 Å². The van der Waals surface area contributed by atoms with Crippen LogP contribution in [0, 0.1) is 11.6 Å². The minimum atomic E-state index is -0.922. The predicted octanol–water partition coefficient (Wildman–Crippen LogP) is 3.87. The van der Waals surface area contributed by atoms with Gasteiger partial charge in [0.25, 0.3) is 0 Å². The highest BCUT2D eigenvalue weighted by Crippen LogP contribution is 2.32. The van der Waals surface area contributed by atoms with E-state index in [9.17, 15) is 8.78 Å². The van der Waals surface area contributed by atoms with Gasteiger partial charge in [-0.05, 0) is 11.6 Å². The van der Waals surface area contributed by atoms with E-state index in [1.54, 1.807) is 0 Å². The second-order valence-electron chi connectivity index (χ2n) is 2.66. The van der Waals surface area contributed by atoms with Crippen molar-refractivity contribution in [1.29, 1.82) is 0 Å². The standard InChI is InChI=1S/C8HCl3F2N2/c9-5-2(12)1-3(13)6-4(5)7(10)15-8(11)14-6/h1H. The van der Waals surface area contributed by atoms with E-state index in [1.165, 1.54) is 0 Å². The third-order valence-corrected chi connectivity index (χ3v) is 2.56. The molecular weight excluding hydrogens is 268 g/mol. The predicted molar refractivity (Wildman–Crippen MR) is 54.5 cm³/mol. The fourth-order valence-corrected chi connectivity index (χ4v) is 1.90. The molecule has 0 saturated carbocycles. The van der Waals surface area contributed by atoms with Gasteiger partial charge >= 0.3 is 0 Å². The molecule has 0 N–H and O–H groups in total.